The lowest BCUT2D eigenvalue weighted by molar-refractivity contribution is 0.186. The van der Waals surface area contributed by atoms with E-state index in [9.17, 15) is 0 Å². The maximum Gasteiger partial charge on any atom is 0.186 e. The first kappa shape index (κ1) is 15.7. The number of hydrogen-bond donors (Lipinski definition) is 0. The average molecular weight is 348 g/mol. The summed E-state index contributed by atoms with van der Waals surface area (Å²) in [7, 11) is 0. The minimum Gasteiger partial charge on any atom is -0.348 e. The highest BCUT2D eigenvalue weighted by Gasteiger charge is 2.27. The van der Waals surface area contributed by atoms with Crippen LogP contribution in [-0.2, 0) is 0 Å². The maximum atomic E-state index is 4.96. The van der Waals surface area contributed by atoms with Crippen molar-refractivity contribution in [1.29, 1.82) is 0 Å². The first-order valence-corrected chi connectivity index (χ1v) is 10.6. The maximum absolute atomic E-state index is 4.96. The molecule has 0 N–H and O–H groups in total. The third-order valence-electron chi connectivity index (χ3n) is 5.37. The predicted octanol–water partition coefficient (Wildman–Crippen LogP) is 3.93. The molecule has 1 aromatic heterocycles. The number of nitrogens with zero attached hydrogens (tertiary/aromatic N) is 3. The summed E-state index contributed by atoms with van der Waals surface area (Å²) in [6.45, 7) is 9.26. The van der Waals surface area contributed by atoms with Gasteiger partial charge in [-0.25, -0.2) is 4.98 Å². The summed E-state index contributed by atoms with van der Waals surface area (Å²) in [6.07, 6.45) is 2.58. The SMILES string of the molecule is Cc1ccc2sc(N3CCC(N4CCSCC4)CC3)nc2c1C. The van der Waals surface area contributed by atoms with Gasteiger partial charge >= 0.3 is 0 Å². The topological polar surface area (TPSA) is 19.4 Å². The number of thiazole rings is 1. The van der Waals surface area contributed by atoms with Crippen molar-refractivity contribution in [3.8, 4) is 0 Å². The number of aromatic nitrogens is 1. The van der Waals surface area contributed by atoms with Crippen molar-refractivity contribution < 1.29 is 0 Å². The van der Waals surface area contributed by atoms with E-state index in [-0.39, 0.29) is 0 Å². The zero-order chi connectivity index (χ0) is 15.8. The number of piperidine rings is 1. The molecule has 0 radical (unpaired) electrons. The zero-order valence-corrected chi connectivity index (χ0v) is 15.7. The summed E-state index contributed by atoms with van der Waals surface area (Å²) in [4.78, 5) is 10.2. The molecule has 1 aromatic carbocycles. The lowest BCUT2D eigenvalue weighted by Gasteiger charge is -2.40. The van der Waals surface area contributed by atoms with Gasteiger partial charge in [0.2, 0.25) is 0 Å². The second kappa shape index (κ2) is 6.61. The van der Waals surface area contributed by atoms with Crippen LogP contribution in [0.1, 0.15) is 24.0 Å². The Morgan fingerprint density at radius 2 is 1.78 bits per heavy atom. The smallest absolute Gasteiger partial charge is 0.186 e. The van der Waals surface area contributed by atoms with E-state index in [1.54, 1.807) is 0 Å². The molecule has 0 spiro atoms. The van der Waals surface area contributed by atoms with Crippen LogP contribution in [0, 0.1) is 13.8 Å². The Hall–Kier alpha value is -0.780. The van der Waals surface area contributed by atoms with Crippen molar-refractivity contribution in [3.05, 3.63) is 23.3 Å². The number of aryl methyl sites for hydroxylation is 2. The van der Waals surface area contributed by atoms with Gasteiger partial charge in [0.25, 0.3) is 0 Å². The molecule has 0 aliphatic carbocycles. The van der Waals surface area contributed by atoms with Crippen LogP contribution in [-0.4, -0.2) is 53.6 Å². The van der Waals surface area contributed by atoms with Crippen LogP contribution in [0.15, 0.2) is 12.1 Å². The summed E-state index contributed by atoms with van der Waals surface area (Å²) in [5.41, 5.74) is 3.89. The fourth-order valence-electron chi connectivity index (χ4n) is 3.71. The molecule has 0 bridgehead atoms. The minimum atomic E-state index is 0.797. The van der Waals surface area contributed by atoms with Gasteiger partial charge in [-0.1, -0.05) is 17.4 Å². The molecule has 0 unspecified atom stereocenters. The van der Waals surface area contributed by atoms with Gasteiger partial charge < -0.3 is 4.90 Å². The molecule has 0 atom stereocenters. The van der Waals surface area contributed by atoms with Gasteiger partial charge in [-0.2, -0.15) is 11.8 Å². The Morgan fingerprint density at radius 1 is 1.04 bits per heavy atom. The Labute approximate surface area is 147 Å². The molecule has 0 saturated carbocycles. The summed E-state index contributed by atoms with van der Waals surface area (Å²) >= 11 is 3.97. The van der Waals surface area contributed by atoms with Gasteiger partial charge in [0.05, 0.1) is 10.2 Å². The number of fused-ring (bicyclic) bond motifs is 1. The number of hydrogen-bond acceptors (Lipinski definition) is 5. The largest absolute Gasteiger partial charge is 0.348 e. The summed E-state index contributed by atoms with van der Waals surface area (Å²) < 4.78 is 1.33. The fourth-order valence-corrected chi connectivity index (χ4v) is 5.72. The van der Waals surface area contributed by atoms with Crippen molar-refractivity contribution in [2.24, 2.45) is 0 Å². The van der Waals surface area contributed by atoms with Crippen LogP contribution >= 0.6 is 23.1 Å². The molecule has 2 aliphatic heterocycles. The highest BCUT2D eigenvalue weighted by molar-refractivity contribution is 7.99. The third kappa shape index (κ3) is 3.11. The van der Waals surface area contributed by atoms with Gasteiger partial charge in [-0.15, -0.1) is 0 Å². The molecule has 2 aromatic rings. The van der Waals surface area contributed by atoms with Crippen molar-refractivity contribution in [2.45, 2.75) is 32.7 Å². The van der Waals surface area contributed by atoms with E-state index >= 15 is 0 Å². The van der Waals surface area contributed by atoms with Crippen LogP contribution < -0.4 is 4.90 Å². The second-order valence-electron chi connectivity index (χ2n) is 6.72. The first-order chi connectivity index (χ1) is 11.2. The number of thioether (sulfide) groups is 1. The van der Waals surface area contributed by atoms with Crippen LogP contribution in [0.5, 0.6) is 0 Å². The molecule has 3 heterocycles. The molecular formula is C18H25N3S2. The normalized spacial score (nSPS) is 21.2. The van der Waals surface area contributed by atoms with E-state index in [0.29, 0.717) is 0 Å². The summed E-state index contributed by atoms with van der Waals surface area (Å²) in [5.74, 6) is 2.63. The molecule has 3 nitrogen and oxygen atoms in total. The predicted molar refractivity (Wildman–Crippen MR) is 103 cm³/mol. The number of rotatable bonds is 2. The Balaban J connectivity index is 1.47. The molecule has 23 heavy (non-hydrogen) atoms. The Kier molecular flexibility index (Phi) is 4.52. The van der Waals surface area contributed by atoms with Gasteiger partial charge in [0.15, 0.2) is 5.13 Å². The summed E-state index contributed by atoms with van der Waals surface area (Å²) in [5, 5.41) is 1.22. The third-order valence-corrected chi connectivity index (χ3v) is 7.39. The standard InChI is InChI=1S/C18H25N3S2/c1-13-3-4-16-17(14(13)2)19-18(23-16)21-7-5-15(6-8-21)20-9-11-22-12-10-20/h3-4,15H,5-12H2,1-2H3. The van der Waals surface area contributed by atoms with E-state index < -0.39 is 0 Å². The lowest BCUT2D eigenvalue weighted by Crippen LogP contribution is -2.47. The molecule has 2 aliphatic rings. The molecule has 2 saturated heterocycles. The monoisotopic (exact) mass is 347 g/mol. The van der Waals surface area contributed by atoms with Gasteiger partial charge in [-0.3, -0.25) is 4.90 Å². The van der Waals surface area contributed by atoms with Crippen molar-refractivity contribution >= 4 is 38.4 Å². The van der Waals surface area contributed by atoms with Gasteiger partial charge in [0, 0.05) is 43.7 Å². The molecule has 2 fully saturated rings. The van der Waals surface area contributed by atoms with Crippen LogP contribution in [0.2, 0.25) is 0 Å². The quantitative estimate of drug-likeness (QED) is 0.819. The van der Waals surface area contributed by atoms with E-state index in [1.165, 1.54) is 63.9 Å². The minimum absolute atomic E-state index is 0.797. The highest BCUT2D eigenvalue weighted by Crippen LogP contribution is 2.33. The number of anilines is 1. The average Bonchev–Trinajstić information content (AvgIpc) is 3.04. The fraction of sp³-hybridized carbons (Fsp3) is 0.611. The van der Waals surface area contributed by atoms with Crippen LogP contribution in [0.25, 0.3) is 10.2 Å². The number of benzene rings is 1. The lowest BCUT2D eigenvalue weighted by atomic mass is 10.0. The Morgan fingerprint density at radius 3 is 2.52 bits per heavy atom. The van der Waals surface area contributed by atoms with Crippen molar-refractivity contribution in [1.82, 2.24) is 9.88 Å². The van der Waals surface area contributed by atoms with Crippen LogP contribution in [0.3, 0.4) is 0 Å². The Bertz CT molecular complexity index is 683. The van der Waals surface area contributed by atoms with E-state index in [0.717, 1.165) is 19.1 Å². The zero-order valence-electron chi connectivity index (χ0n) is 14.0. The van der Waals surface area contributed by atoms with E-state index in [2.05, 4.69) is 47.5 Å². The van der Waals surface area contributed by atoms with Crippen molar-refractivity contribution in [3.63, 3.8) is 0 Å². The van der Waals surface area contributed by atoms with Crippen molar-refractivity contribution in [2.75, 3.05) is 42.6 Å². The highest BCUT2D eigenvalue weighted by atomic mass is 32.2. The summed E-state index contributed by atoms with van der Waals surface area (Å²) in [6, 6.07) is 5.25. The van der Waals surface area contributed by atoms with E-state index in [4.69, 9.17) is 4.98 Å². The molecule has 124 valence electrons. The first-order valence-electron chi connectivity index (χ1n) is 8.66. The second-order valence-corrected chi connectivity index (χ2v) is 8.95. The molecule has 4 rings (SSSR count). The molecular weight excluding hydrogens is 322 g/mol. The van der Waals surface area contributed by atoms with Gasteiger partial charge in [-0.05, 0) is 43.9 Å². The van der Waals surface area contributed by atoms with Crippen LogP contribution in [0.4, 0.5) is 5.13 Å². The molecule has 0 amide bonds. The van der Waals surface area contributed by atoms with Gasteiger partial charge in [0.1, 0.15) is 0 Å². The van der Waals surface area contributed by atoms with E-state index in [1.807, 2.05) is 11.3 Å². The molecule has 5 heteroatoms.